The Labute approximate surface area is 70.5 Å². The first kappa shape index (κ1) is 6.87. The van der Waals surface area contributed by atoms with E-state index in [-0.39, 0.29) is 5.41 Å². The van der Waals surface area contributed by atoms with Crippen LogP contribution in [0.5, 0.6) is 0 Å². The third-order valence-electron chi connectivity index (χ3n) is 2.14. The van der Waals surface area contributed by atoms with E-state index in [0.29, 0.717) is 0 Å². The molecule has 0 aromatic carbocycles. The Morgan fingerprint density at radius 1 is 1.73 bits per heavy atom. The Balaban J connectivity index is 2.38. The maximum atomic E-state index is 5.42. The van der Waals surface area contributed by atoms with E-state index in [1.165, 1.54) is 0 Å². The lowest BCUT2D eigenvalue weighted by atomic mass is 10.1. The molecule has 56 valence electrons. The largest absolute Gasteiger partial charge is 0.245 e. The van der Waals surface area contributed by atoms with Crippen LogP contribution in [0.2, 0.25) is 0 Å². The van der Waals surface area contributed by atoms with Gasteiger partial charge in [-0.3, -0.25) is 0 Å². The van der Waals surface area contributed by atoms with Crippen molar-refractivity contribution in [2.45, 2.75) is 25.2 Å². The minimum Gasteiger partial charge on any atom is -0.245 e. The summed E-state index contributed by atoms with van der Waals surface area (Å²) in [5.41, 5.74) is 1.15. The Morgan fingerprint density at radius 2 is 2.45 bits per heavy atom. The van der Waals surface area contributed by atoms with E-state index in [2.05, 4.69) is 16.3 Å². The summed E-state index contributed by atoms with van der Waals surface area (Å²) in [5, 5.41) is 3.20. The van der Waals surface area contributed by atoms with Crippen LogP contribution in [-0.4, -0.2) is 4.98 Å². The van der Waals surface area contributed by atoms with Crippen LogP contribution in [0.15, 0.2) is 5.38 Å². The molecule has 0 unspecified atom stereocenters. The number of aromatic nitrogens is 1. The normalized spacial score (nSPS) is 19.3. The average Bonchev–Trinajstić information content (AvgIpc) is 2.70. The van der Waals surface area contributed by atoms with Gasteiger partial charge in [0.05, 0.1) is 16.1 Å². The van der Waals surface area contributed by atoms with Crippen molar-refractivity contribution >= 4 is 11.3 Å². The fraction of sp³-hybridized carbons (Fsp3) is 0.444. The van der Waals surface area contributed by atoms with Crippen molar-refractivity contribution in [1.29, 1.82) is 0 Å². The lowest BCUT2D eigenvalue weighted by molar-refractivity contribution is 0.878. The average molecular weight is 163 g/mol. The summed E-state index contributed by atoms with van der Waals surface area (Å²) >= 11 is 1.68. The van der Waals surface area contributed by atoms with Crippen molar-refractivity contribution in [2.75, 3.05) is 0 Å². The van der Waals surface area contributed by atoms with Gasteiger partial charge in [-0.15, -0.1) is 17.8 Å². The number of thiazole rings is 1. The van der Waals surface area contributed by atoms with Crippen LogP contribution in [0.3, 0.4) is 0 Å². The molecule has 0 N–H and O–H groups in total. The number of rotatable bonds is 1. The van der Waals surface area contributed by atoms with Crippen LogP contribution >= 0.6 is 11.3 Å². The molecule has 1 fully saturated rings. The highest BCUT2D eigenvalue weighted by Gasteiger charge is 2.44. The zero-order chi connectivity index (χ0) is 7.90. The molecule has 1 nitrogen and oxygen atoms in total. The molecule has 0 bridgehead atoms. The predicted molar refractivity (Wildman–Crippen MR) is 46.6 cm³/mol. The van der Waals surface area contributed by atoms with Crippen LogP contribution in [0.1, 0.15) is 23.5 Å². The fourth-order valence-electron chi connectivity index (χ4n) is 1.18. The lowest BCUT2D eigenvalue weighted by Crippen LogP contribution is -2.02. The van der Waals surface area contributed by atoms with Crippen molar-refractivity contribution < 1.29 is 0 Å². The Hall–Kier alpha value is -0.810. The maximum Gasteiger partial charge on any atom is 0.0897 e. The second-order valence-electron chi connectivity index (χ2n) is 2.98. The molecule has 0 spiro atoms. The zero-order valence-electron chi connectivity index (χ0n) is 6.42. The van der Waals surface area contributed by atoms with E-state index in [1.807, 2.05) is 6.92 Å². The van der Waals surface area contributed by atoms with Gasteiger partial charge in [-0.05, 0) is 19.8 Å². The van der Waals surface area contributed by atoms with Gasteiger partial charge in [0.25, 0.3) is 0 Å². The van der Waals surface area contributed by atoms with Crippen LogP contribution in [0, 0.1) is 19.3 Å². The second-order valence-corrected chi connectivity index (χ2v) is 4.04. The van der Waals surface area contributed by atoms with E-state index in [0.717, 1.165) is 23.5 Å². The van der Waals surface area contributed by atoms with Crippen LogP contribution in [-0.2, 0) is 5.41 Å². The minimum absolute atomic E-state index is 0.0325. The van der Waals surface area contributed by atoms with Crippen LogP contribution in [0.25, 0.3) is 0 Å². The first-order valence-corrected chi connectivity index (χ1v) is 4.55. The van der Waals surface area contributed by atoms with Gasteiger partial charge in [-0.25, -0.2) is 4.98 Å². The first-order valence-electron chi connectivity index (χ1n) is 3.67. The highest BCUT2D eigenvalue weighted by molar-refractivity contribution is 7.09. The van der Waals surface area contributed by atoms with Gasteiger partial charge in [0.2, 0.25) is 0 Å². The minimum atomic E-state index is 0.0325. The first-order chi connectivity index (χ1) is 5.27. The Bertz CT molecular complexity index is 315. The van der Waals surface area contributed by atoms with Gasteiger partial charge in [0.1, 0.15) is 0 Å². The highest BCUT2D eigenvalue weighted by Crippen LogP contribution is 2.47. The molecule has 2 rings (SSSR count). The molecule has 0 radical (unpaired) electrons. The second kappa shape index (κ2) is 2.09. The molecular weight excluding hydrogens is 154 g/mol. The van der Waals surface area contributed by atoms with Crippen molar-refractivity contribution in [2.24, 2.45) is 0 Å². The Morgan fingerprint density at radius 3 is 2.82 bits per heavy atom. The summed E-state index contributed by atoms with van der Waals surface area (Å²) in [6.07, 6.45) is 7.66. The monoisotopic (exact) mass is 163 g/mol. The number of hydrogen-bond acceptors (Lipinski definition) is 2. The number of hydrogen-bond donors (Lipinski definition) is 0. The molecule has 11 heavy (non-hydrogen) atoms. The Kier molecular flexibility index (Phi) is 1.30. The molecule has 0 atom stereocenters. The molecule has 1 aromatic rings. The maximum absolute atomic E-state index is 5.42. The smallest absolute Gasteiger partial charge is 0.0897 e. The summed E-state index contributed by atoms with van der Waals surface area (Å²) in [6, 6.07) is 0. The van der Waals surface area contributed by atoms with Gasteiger partial charge >= 0.3 is 0 Å². The number of nitrogens with zero attached hydrogens (tertiary/aromatic N) is 1. The van der Waals surface area contributed by atoms with Crippen molar-refractivity contribution in [3.8, 4) is 12.3 Å². The molecule has 0 amide bonds. The van der Waals surface area contributed by atoms with Crippen LogP contribution in [0.4, 0.5) is 0 Å². The summed E-state index contributed by atoms with van der Waals surface area (Å²) in [6.45, 7) is 2.01. The highest BCUT2D eigenvalue weighted by atomic mass is 32.1. The van der Waals surface area contributed by atoms with E-state index < -0.39 is 0 Å². The molecule has 1 saturated carbocycles. The third-order valence-corrected chi connectivity index (χ3v) is 2.91. The topological polar surface area (TPSA) is 12.9 Å². The molecule has 2 heteroatoms. The molecule has 0 saturated heterocycles. The molecule has 1 aromatic heterocycles. The molecule has 1 aliphatic rings. The van der Waals surface area contributed by atoms with Gasteiger partial charge in [-0.2, -0.15) is 0 Å². The zero-order valence-corrected chi connectivity index (χ0v) is 7.24. The number of terminal acetylenes is 1. The van der Waals surface area contributed by atoms with Gasteiger partial charge in [0.15, 0.2) is 0 Å². The van der Waals surface area contributed by atoms with E-state index in [9.17, 15) is 0 Å². The van der Waals surface area contributed by atoms with Crippen molar-refractivity contribution in [3.05, 3.63) is 16.1 Å². The molecule has 0 aliphatic heterocycles. The van der Waals surface area contributed by atoms with Crippen molar-refractivity contribution in [3.63, 3.8) is 0 Å². The van der Waals surface area contributed by atoms with Crippen molar-refractivity contribution in [1.82, 2.24) is 4.98 Å². The van der Waals surface area contributed by atoms with Crippen LogP contribution < -0.4 is 0 Å². The summed E-state index contributed by atoms with van der Waals surface area (Å²) in [7, 11) is 0. The van der Waals surface area contributed by atoms with E-state index >= 15 is 0 Å². The van der Waals surface area contributed by atoms with Gasteiger partial charge in [0, 0.05) is 5.38 Å². The third kappa shape index (κ3) is 0.965. The van der Waals surface area contributed by atoms with E-state index in [1.54, 1.807) is 11.3 Å². The van der Waals surface area contributed by atoms with Gasteiger partial charge < -0.3 is 0 Å². The number of aryl methyl sites for hydroxylation is 1. The summed E-state index contributed by atoms with van der Waals surface area (Å²) in [5.74, 6) is 2.83. The van der Waals surface area contributed by atoms with E-state index in [4.69, 9.17) is 6.42 Å². The lowest BCUT2D eigenvalue weighted by Gasteiger charge is -1.99. The quantitative estimate of drug-likeness (QED) is 0.578. The predicted octanol–water partition coefficient (Wildman–Crippen LogP) is 2.12. The molecular formula is C9H9NS. The SMILES string of the molecule is C#CC1(c2csc(C)n2)CC1. The van der Waals surface area contributed by atoms with Gasteiger partial charge in [-0.1, -0.05) is 5.92 Å². The molecule has 1 heterocycles. The molecule has 1 aliphatic carbocycles. The standard InChI is InChI=1S/C9H9NS/c1-3-9(4-5-9)8-6-11-7(2)10-8/h1,6H,4-5H2,2H3. The summed E-state index contributed by atoms with van der Waals surface area (Å²) in [4.78, 5) is 4.39. The fourth-order valence-corrected chi connectivity index (χ4v) is 1.89. The summed E-state index contributed by atoms with van der Waals surface area (Å²) < 4.78 is 0.